The van der Waals surface area contributed by atoms with E-state index in [-0.39, 0.29) is 0 Å². The number of ether oxygens (including phenoxy) is 1. The molecule has 1 unspecified atom stereocenters. The molecular formula is C8H8BrO2. The standard InChI is InChI=1S/C8H8BrO2/c1-11-7-4-2-3-6(5-7)8(9)10/h2-5,8H,1H3. The minimum Gasteiger partial charge on any atom is -0.497 e. The van der Waals surface area contributed by atoms with Gasteiger partial charge < -0.3 is 4.74 Å². The summed E-state index contributed by atoms with van der Waals surface area (Å²) in [6.07, 6.45) is 0. The lowest BCUT2D eigenvalue weighted by atomic mass is 10.2. The van der Waals surface area contributed by atoms with Crippen LogP contribution < -0.4 is 4.74 Å². The van der Waals surface area contributed by atoms with E-state index >= 15 is 0 Å². The highest BCUT2D eigenvalue weighted by molar-refractivity contribution is 9.09. The Labute approximate surface area is 73.9 Å². The summed E-state index contributed by atoms with van der Waals surface area (Å²) in [6.45, 7) is 0. The van der Waals surface area contributed by atoms with Gasteiger partial charge in [0, 0.05) is 0 Å². The predicted molar refractivity (Wildman–Crippen MR) is 45.3 cm³/mol. The zero-order chi connectivity index (χ0) is 8.27. The first-order valence-electron chi connectivity index (χ1n) is 3.18. The van der Waals surface area contributed by atoms with Gasteiger partial charge in [-0.15, -0.1) is 0 Å². The molecule has 0 saturated heterocycles. The molecule has 1 radical (unpaired) electrons. The van der Waals surface area contributed by atoms with E-state index in [9.17, 15) is 5.11 Å². The third-order valence-corrected chi connectivity index (χ3v) is 1.88. The summed E-state index contributed by atoms with van der Waals surface area (Å²) in [6, 6.07) is 7.07. The minimum atomic E-state index is -0.863. The highest BCUT2D eigenvalue weighted by Crippen LogP contribution is 2.23. The number of alkyl halides is 1. The number of benzene rings is 1. The molecule has 0 aliphatic carbocycles. The van der Waals surface area contributed by atoms with Crippen molar-refractivity contribution in [3.05, 3.63) is 29.8 Å². The van der Waals surface area contributed by atoms with Gasteiger partial charge in [-0.2, -0.15) is 0 Å². The fourth-order valence-electron chi connectivity index (χ4n) is 0.783. The van der Waals surface area contributed by atoms with Gasteiger partial charge in [0.05, 0.1) is 7.11 Å². The summed E-state index contributed by atoms with van der Waals surface area (Å²) in [7, 11) is 1.58. The largest absolute Gasteiger partial charge is 0.497 e. The Morgan fingerprint density at radius 2 is 2.27 bits per heavy atom. The fourth-order valence-corrected chi connectivity index (χ4v) is 1.07. The molecule has 59 valence electrons. The number of hydrogen-bond donors (Lipinski definition) is 0. The Hall–Kier alpha value is -0.540. The lowest BCUT2D eigenvalue weighted by molar-refractivity contribution is 0.173. The van der Waals surface area contributed by atoms with Gasteiger partial charge in [0.1, 0.15) is 5.75 Å². The Kier molecular flexibility index (Phi) is 2.91. The second kappa shape index (κ2) is 3.74. The van der Waals surface area contributed by atoms with Gasteiger partial charge in [0.25, 0.3) is 0 Å². The zero-order valence-electron chi connectivity index (χ0n) is 6.08. The first kappa shape index (κ1) is 8.56. The first-order valence-corrected chi connectivity index (χ1v) is 4.09. The normalized spacial score (nSPS) is 12.6. The van der Waals surface area contributed by atoms with Gasteiger partial charge in [0.2, 0.25) is 0 Å². The van der Waals surface area contributed by atoms with E-state index in [1.165, 1.54) is 0 Å². The number of halogens is 1. The van der Waals surface area contributed by atoms with E-state index in [0.717, 1.165) is 0 Å². The van der Waals surface area contributed by atoms with Crippen molar-refractivity contribution in [3.63, 3.8) is 0 Å². The van der Waals surface area contributed by atoms with Crippen LogP contribution in [0, 0.1) is 0 Å². The summed E-state index contributed by atoms with van der Waals surface area (Å²) in [4.78, 5) is 0. The SMILES string of the molecule is COc1cccc(C([O])Br)c1. The molecule has 1 atom stereocenters. The summed E-state index contributed by atoms with van der Waals surface area (Å²) < 4.78 is 4.95. The van der Waals surface area contributed by atoms with Crippen LogP contribution in [0.3, 0.4) is 0 Å². The minimum absolute atomic E-state index is 0.685. The molecule has 0 bridgehead atoms. The van der Waals surface area contributed by atoms with Crippen LogP contribution in [0.4, 0.5) is 0 Å². The van der Waals surface area contributed by atoms with Crippen molar-refractivity contribution in [3.8, 4) is 5.75 Å². The monoisotopic (exact) mass is 215 g/mol. The van der Waals surface area contributed by atoms with Crippen LogP contribution >= 0.6 is 15.9 Å². The van der Waals surface area contributed by atoms with Crippen LogP contribution in [-0.2, 0) is 5.11 Å². The van der Waals surface area contributed by atoms with E-state index in [0.29, 0.717) is 11.3 Å². The second-order valence-corrected chi connectivity index (χ2v) is 2.92. The Bertz CT molecular complexity index is 235. The molecule has 1 rings (SSSR count). The molecule has 0 fully saturated rings. The van der Waals surface area contributed by atoms with Crippen LogP contribution in [0.5, 0.6) is 5.75 Å². The van der Waals surface area contributed by atoms with Crippen LogP contribution in [-0.4, -0.2) is 7.11 Å². The van der Waals surface area contributed by atoms with Gasteiger partial charge in [-0.3, -0.25) is 0 Å². The van der Waals surface area contributed by atoms with Gasteiger partial charge >= 0.3 is 0 Å². The first-order chi connectivity index (χ1) is 5.24. The molecule has 0 aliphatic rings. The van der Waals surface area contributed by atoms with Crippen molar-refractivity contribution in [2.45, 2.75) is 5.01 Å². The molecule has 0 aromatic heterocycles. The number of hydrogen-bond acceptors (Lipinski definition) is 1. The van der Waals surface area contributed by atoms with Crippen molar-refractivity contribution in [2.75, 3.05) is 7.11 Å². The molecule has 11 heavy (non-hydrogen) atoms. The van der Waals surface area contributed by atoms with Gasteiger partial charge in [-0.25, -0.2) is 5.11 Å². The maximum absolute atomic E-state index is 10.9. The van der Waals surface area contributed by atoms with Crippen LogP contribution in [0.1, 0.15) is 10.6 Å². The maximum atomic E-state index is 10.9. The third kappa shape index (κ3) is 2.20. The molecule has 0 saturated carbocycles. The molecule has 1 aromatic rings. The van der Waals surface area contributed by atoms with E-state index in [1.807, 2.05) is 0 Å². The summed E-state index contributed by atoms with van der Waals surface area (Å²) in [5.41, 5.74) is 0.685. The summed E-state index contributed by atoms with van der Waals surface area (Å²) in [5.74, 6) is 0.711. The van der Waals surface area contributed by atoms with Crippen molar-refractivity contribution >= 4 is 15.9 Å². The van der Waals surface area contributed by atoms with Crippen molar-refractivity contribution in [2.24, 2.45) is 0 Å². The number of rotatable bonds is 2. The van der Waals surface area contributed by atoms with Crippen LogP contribution in [0.2, 0.25) is 0 Å². The Morgan fingerprint density at radius 1 is 1.55 bits per heavy atom. The van der Waals surface area contributed by atoms with Gasteiger partial charge in [0.15, 0.2) is 5.01 Å². The molecule has 2 nitrogen and oxygen atoms in total. The average molecular weight is 216 g/mol. The summed E-state index contributed by atoms with van der Waals surface area (Å²) >= 11 is 2.93. The molecule has 0 N–H and O–H groups in total. The number of methoxy groups -OCH3 is 1. The predicted octanol–water partition coefficient (Wildman–Crippen LogP) is 2.52. The topological polar surface area (TPSA) is 29.1 Å². The average Bonchev–Trinajstić information content (AvgIpc) is 2.05. The van der Waals surface area contributed by atoms with Crippen molar-refractivity contribution in [1.82, 2.24) is 0 Å². The molecule has 0 heterocycles. The Balaban J connectivity index is 2.91. The van der Waals surface area contributed by atoms with Crippen molar-refractivity contribution < 1.29 is 9.84 Å². The highest BCUT2D eigenvalue weighted by atomic mass is 79.9. The third-order valence-electron chi connectivity index (χ3n) is 1.36. The van der Waals surface area contributed by atoms with Crippen LogP contribution in [0.15, 0.2) is 24.3 Å². The molecule has 0 spiro atoms. The quantitative estimate of drug-likeness (QED) is 0.698. The highest BCUT2D eigenvalue weighted by Gasteiger charge is 2.03. The lowest BCUT2D eigenvalue weighted by Gasteiger charge is -2.02. The Morgan fingerprint density at radius 3 is 2.82 bits per heavy atom. The molecule has 1 aromatic carbocycles. The van der Waals surface area contributed by atoms with E-state index in [1.54, 1.807) is 31.4 Å². The maximum Gasteiger partial charge on any atom is 0.173 e. The van der Waals surface area contributed by atoms with Crippen LogP contribution in [0.25, 0.3) is 0 Å². The van der Waals surface area contributed by atoms with Gasteiger partial charge in [-0.1, -0.05) is 12.1 Å². The molecular weight excluding hydrogens is 208 g/mol. The van der Waals surface area contributed by atoms with Crippen molar-refractivity contribution in [1.29, 1.82) is 0 Å². The smallest absolute Gasteiger partial charge is 0.173 e. The van der Waals surface area contributed by atoms with E-state index < -0.39 is 5.01 Å². The molecule has 3 heteroatoms. The van der Waals surface area contributed by atoms with E-state index in [4.69, 9.17) is 4.74 Å². The fraction of sp³-hybridized carbons (Fsp3) is 0.250. The van der Waals surface area contributed by atoms with Gasteiger partial charge in [-0.05, 0) is 33.6 Å². The molecule has 0 aliphatic heterocycles. The second-order valence-electron chi connectivity index (χ2n) is 2.09. The molecule has 0 amide bonds. The van der Waals surface area contributed by atoms with E-state index in [2.05, 4.69) is 15.9 Å². The lowest BCUT2D eigenvalue weighted by Crippen LogP contribution is -1.87. The zero-order valence-corrected chi connectivity index (χ0v) is 7.67. The summed E-state index contributed by atoms with van der Waals surface area (Å²) in [5, 5.41) is 9.99.